The number of thioether (sulfide) groups is 1. The highest BCUT2D eigenvalue weighted by molar-refractivity contribution is 8.13. The lowest BCUT2D eigenvalue weighted by Gasteiger charge is -2.47. The second-order valence-electron chi connectivity index (χ2n) is 5.55. The molecule has 1 saturated heterocycles. The first kappa shape index (κ1) is 16.2. The maximum atomic E-state index is 14.5. The van der Waals surface area contributed by atoms with Crippen molar-refractivity contribution in [3.63, 3.8) is 0 Å². The Hall–Kier alpha value is -1.71. The molecule has 0 saturated carbocycles. The molecule has 9 heteroatoms. The lowest BCUT2D eigenvalue weighted by Crippen LogP contribution is -2.52. The van der Waals surface area contributed by atoms with Gasteiger partial charge in [-0.05, 0) is 6.07 Å². The van der Waals surface area contributed by atoms with Gasteiger partial charge in [-0.15, -0.1) is 0 Å². The number of halogens is 1. The van der Waals surface area contributed by atoms with Crippen molar-refractivity contribution in [2.75, 3.05) is 19.0 Å². The van der Waals surface area contributed by atoms with Gasteiger partial charge in [-0.25, -0.2) is 4.39 Å². The highest BCUT2D eigenvalue weighted by Crippen LogP contribution is 2.48. The summed E-state index contributed by atoms with van der Waals surface area (Å²) in [5.41, 5.74) is 4.75. The van der Waals surface area contributed by atoms with E-state index in [1.54, 1.807) is 0 Å². The predicted octanol–water partition coefficient (Wildman–Crippen LogP) is 1.39. The minimum Gasteiger partial charge on any atom is -0.394 e. The number of benzene rings is 1. The van der Waals surface area contributed by atoms with Crippen LogP contribution in [0.25, 0.3) is 0 Å². The van der Waals surface area contributed by atoms with Crippen LogP contribution in [0.2, 0.25) is 0 Å². The number of nitrogens with two attached hydrogens (primary N) is 1. The fraction of sp³-hybridized carbons (Fsp3) is 0.500. The van der Waals surface area contributed by atoms with E-state index in [2.05, 4.69) is 4.99 Å². The number of rotatable bonds is 3. The van der Waals surface area contributed by atoms with E-state index in [0.717, 1.165) is 12.1 Å². The zero-order valence-corrected chi connectivity index (χ0v) is 13.0. The molecule has 0 unspecified atom stereocenters. The Bertz CT molecular complexity index is 671. The minimum atomic E-state index is -1.04. The summed E-state index contributed by atoms with van der Waals surface area (Å²) in [5.74, 6) is -0.374. The fourth-order valence-corrected chi connectivity index (χ4v) is 4.36. The topological polar surface area (TPSA) is 111 Å². The molecule has 23 heavy (non-hydrogen) atoms. The number of hydrogen-bond acceptors (Lipinski definition) is 7. The molecule has 0 aromatic heterocycles. The van der Waals surface area contributed by atoms with Crippen molar-refractivity contribution in [2.24, 2.45) is 16.6 Å². The van der Waals surface area contributed by atoms with Crippen LogP contribution in [0, 0.1) is 21.8 Å². The van der Waals surface area contributed by atoms with Crippen LogP contribution in [0.1, 0.15) is 12.0 Å². The van der Waals surface area contributed by atoms with E-state index in [1.807, 2.05) is 0 Å². The Labute approximate surface area is 135 Å². The monoisotopic (exact) mass is 341 g/mol. The molecule has 2 aliphatic heterocycles. The summed E-state index contributed by atoms with van der Waals surface area (Å²) in [4.78, 5) is 14.9. The molecule has 7 nitrogen and oxygen atoms in total. The molecule has 1 fully saturated rings. The third-order valence-corrected chi connectivity index (χ3v) is 5.32. The van der Waals surface area contributed by atoms with Crippen molar-refractivity contribution >= 4 is 22.6 Å². The fourth-order valence-electron chi connectivity index (χ4n) is 3.30. The number of amidine groups is 1. The molecule has 3 atom stereocenters. The third kappa shape index (κ3) is 2.68. The van der Waals surface area contributed by atoms with Crippen LogP contribution >= 0.6 is 11.8 Å². The number of nitrogens with zero attached hydrogens (tertiary/aromatic N) is 2. The highest BCUT2D eigenvalue weighted by Gasteiger charge is 2.51. The van der Waals surface area contributed by atoms with E-state index in [1.165, 1.54) is 17.8 Å². The van der Waals surface area contributed by atoms with Crippen LogP contribution in [-0.4, -0.2) is 40.3 Å². The van der Waals surface area contributed by atoms with Gasteiger partial charge in [-0.1, -0.05) is 11.8 Å². The predicted molar refractivity (Wildman–Crippen MR) is 83.7 cm³/mol. The summed E-state index contributed by atoms with van der Waals surface area (Å²) in [6.45, 7) is 0.0459. The van der Waals surface area contributed by atoms with Crippen molar-refractivity contribution in [3.8, 4) is 0 Å². The average molecular weight is 341 g/mol. The number of aliphatic hydroxyl groups is 1. The number of hydrogen-bond donors (Lipinski definition) is 2. The molecular formula is C14H16FN3O4S. The van der Waals surface area contributed by atoms with Gasteiger partial charge in [0, 0.05) is 42.4 Å². The summed E-state index contributed by atoms with van der Waals surface area (Å²) in [6, 6.07) is 3.42. The Morgan fingerprint density at radius 2 is 2.39 bits per heavy atom. The van der Waals surface area contributed by atoms with E-state index >= 15 is 0 Å². The van der Waals surface area contributed by atoms with Gasteiger partial charge in [-0.2, -0.15) is 0 Å². The number of non-ortho nitro benzene ring substituents is 1. The summed E-state index contributed by atoms with van der Waals surface area (Å²) < 4.78 is 20.1. The molecule has 0 aliphatic carbocycles. The second kappa shape index (κ2) is 6.06. The van der Waals surface area contributed by atoms with Crippen molar-refractivity contribution in [1.29, 1.82) is 0 Å². The Morgan fingerprint density at radius 1 is 1.61 bits per heavy atom. The van der Waals surface area contributed by atoms with Crippen LogP contribution in [-0.2, 0) is 10.3 Å². The molecule has 1 aromatic carbocycles. The van der Waals surface area contributed by atoms with E-state index in [9.17, 15) is 19.6 Å². The van der Waals surface area contributed by atoms with Gasteiger partial charge in [0.05, 0.1) is 23.2 Å². The normalized spacial score (nSPS) is 30.4. The molecule has 3 rings (SSSR count). The summed E-state index contributed by atoms with van der Waals surface area (Å²) in [7, 11) is 0. The molecule has 0 amide bonds. The number of nitro benzene ring substituents is 1. The van der Waals surface area contributed by atoms with Crippen LogP contribution in [0.15, 0.2) is 23.2 Å². The Balaban J connectivity index is 2.18. The van der Waals surface area contributed by atoms with Crippen molar-refractivity contribution in [1.82, 2.24) is 0 Å². The number of aliphatic hydroxyl groups excluding tert-OH is 1. The lowest BCUT2D eigenvalue weighted by atomic mass is 9.72. The third-order valence-electron chi connectivity index (χ3n) is 4.40. The number of fused-ring (bicyclic) bond motifs is 1. The molecule has 0 bridgehead atoms. The van der Waals surface area contributed by atoms with Gasteiger partial charge in [0.2, 0.25) is 0 Å². The molecule has 2 heterocycles. The average Bonchev–Trinajstić information content (AvgIpc) is 2.53. The first-order chi connectivity index (χ1) is 11.0. The van der Waals surface area contributed by atoms with Gasteiger partial charge in [0.25, 0.3) is 5.69 Å². The standard InChI is InChI=1S/C14H16FN3O4S/c15-11-2-1-8(18(20)21)5-9(11)14-3-4-22-12(6-19)10(14)7-23-13(16)17-14/h1-2,5,10,12,19H,3-4,6-7H2,(H2,16,17)/t10-,12+,14+/m1/s1. The Kier molecular flexibility index (Phi) is 4.26. The zero-order valence-electron chi connectivity index (χ0n) is 12.1. The Morgan fingerprint density at radius 3 is 3.09 bits per heavy atom. The van der Waals surface area contributed by atoms with E-state index in [0.29, 0.717) is 17.3 Å². The van der Waals surface area contributed by atoms with Crippen LogP contribution < -0.4 is 5.73 Å². The molecular weight excluding hydrogens is 325 g/mol. The smallest absolute Gasteiger partial charge is 0.270 e. The van der Waals surface area contributed by atoms with Crippen LogP contribution in [0.3, 0.4) is 0 Å². The van der Waals surface area contributed by atoms with Gasteiger partial charge in [0.1, 0.15) is 5.82 Å². The van der Waals surface area contributed by atoms with Crippen LogP contribution in [0.4, 0.5) is 10.1 Å². The molecule has 0 spiro atoms. The van der Waals surface area contributed by atoms with Crippen molar-refractivity contribution in [2.45, 2.75) is 18.1 Å². The van der Waals surface area contributed by atoms with E-state index < -0.39 is 22.4 Å². The highest BCUT2D eigenvalue weighted by atomic mass is 32.2. The number of nitro groups is 1. The maximum Gasteiger partial charge on any atom is 0.270 e. The summed E-state index contributed by atoms with van der Waals surface area (Å²) in [6.07, 6.45) is -0.153. The largest absolute Gasteiger partial charge is 0.394 e. The first-order valence-electron chi connectivity index (χ1n) is 7.13. The first-order valence-corrected chi connectivity index (χ1v) is 8.11. The van der Waals surface area contributed by atoms with Crippen molar-refractivity contribution in [3.05, 3.63) is 39.7 Å². The molecule has 3 N–H and O–H groups in total. The van der Waals surface area contributed by atoms with Gasteiger partial charge < -0.3 is 15.6 Å². The molecule has 0 radical (unpaired) electrons. The molecule has 124 valence electrons. The quantitative estimate of drug-likeness (QED) is 0.635. The van der Waals surface area contributed by atoms with Gasteiger partial charge in [-0.3, -0.25) is 15.1 Å². The second-order valence-corrected chi connectivity index (χ2v) is 6.60. The number of ether oxygens (including phenoxy) is 1. The summed E-state index contributed by atoms with van der Waals surface area (Å²) in [5, 5.41) is 20.9. The van der Waals surface area contributed by atoms with Crippen molar-refractivity contribution < 1.29 is 19.2 Å². The zero-order chi connectivity index (χ0) is 16.6. The van der Waals surface area contributed by atoms with Crippen LogP contribution in [0.5, 0.6) is 0 Å². The minimum absolute atomic E-state index is 0.140. The van der Waals surface area contributed by atoms with E-state index in [-0.39, 0.29) is 30.4 Å². The maximum absolute atomic E-state index is 14.5. The molecule has 1 aromatic rings. The van der Waals surface area contributed by atoms with E-state index in [4.69, 9.17) is 10.5 Å². The van der Waals surface area contributed by atoms with Gasteiger partial charge >= 0.3 is 0 Å². The summed E-state index contributed by atoms with van der Waals surface area (Å²) >= 11 is 1.31. The lowest BCUT2D eigenvalue weighted by molar-refractivity contribution is -0.385. The van der Waals surface area contributed by atoms with Gasteiger partial charge in [0.15, 0.2) is 5.17 Å². The number of aliphatic imine (C=N–C) groups is 1. The molecule has 2 aliphatic rings. The SMILES string of the molecule is NC1=N[C@]2(c3cc([N+](=O)[O-])ccc3F)CCO[C@@H](CO)[C@H]2CS1.